The Morgan fingerprint density at radius 3 is 2.58 bits per heavy atom. The predicted octanol–water partition coefficient (Wildman–Crippen LogP) is 3.09. The van der Waals surface area contributed by atoms with Crippen LogP contribution in [-0.2, 0) is 11.2 Å². The van der Waals surface area contributed by atoms with Gasteiger partial charge in [0.1, 0.15) is 0 Å². The molecule has 1 aromatic carbocycles. The van der Waals surface area contributed by atoms with Crippen molar-refractivity contribution in [2.24, 2.45) is 0 Å². The van der Waals surface area contributed by atoms with Crippen LogP contribution in [0.4, 0.5) is 5.69 Å². The van der Waals surface area contributed by atoms with Crippen molar-refractivity contribution >= 4 is 24.0 Å². The number of aryl methyl sites for hydroxylation is 3. The van der Waals surface area contributed by atoms with Gasteiger partial charge in [-0.3, -0.25) is 4.79 Å². The molecule has 2 atom stereocenters. The van der Waals surface area contributed by atoms with E-state index in [4.69, 9.17) is 4.52 Å². The van der Waals surface area contributed by atoms with Crippen molar-refractivity contribution in [1.82, 2.24) is 15.5 Å². The van der Waals surface area contributed by atoms with Crippen LogP contribution in [0.25, 0.3) is 0 Å². The molecule has 1 aliphatic heterocycles. The molecule has 1 fully saturated rings. The fourth-order valence-corrected chi connectivity index (χ4v) is 3.58. The van der Waals surface area contributed by atoms with Gasteiger partial charge in [0.25, 0.3) is 0 Å². The van der Waals surface area contributed by atoms with Crippen molar-refractivity contribution in [1.29, 1.82) is 0 Å². The first-order valence-corrected chi connectivity index (χ1v) is 8.77. The van der Waals surface area contributed by atoms with E-state index < -0.39 is 0 Å². The molecular weight excluding hydrogens is 352 g/mol. The molecule has 2 unspecified atom stereocenters. The monoisotopic (exact) mass is 378 g/mol. The van der Waals surface area contributed by atoms with Gasteiger partial charge in [-0.2, -0.15) is 4.98 Å². The highest BCUT2D eigenvalue weighted by atomic mass is 35.5. The molecule has 6 nitrogen and oxygen atoms in total. The summed E-state index contributed by atoms with van der Waals surface area (Å²) >= 11 is 0. The molecule has 0 aliphatic carbocycles. The third-order valence-electron chi connectivity index (χ3n) is 4.84. The maximum atomic E-state index is 12.6. The number of halogens is 1. The molecular formula is C19H27ClN4O2. The fraction of sp³-hybridized carbons (Fsp3) is 0.526. The third kappa shape index (κ3) is 4.07. The van der Waals surface area contributed by atoms with Crippen molar-refractivity contribution in [3.63, 3.8) is 0 Å². The number of carbonyl (C=O) groups excluding carboxylic acids is 1. The Morgan fingerprint density at radius 2 is 1.96 bits per heavy atom. The highest BCUT2D eigenvalue weighted by Crippen LogP contribution is 2.35. The van der Waals surface area contributed by atoms with Crippen molar-refractivity contribution in [2.45, 2.75) is 52.5 Å². The van der Waals surface area contributed by atoms with E-state index in [0.717, 1.165) is 16.8 Å². The summed E-state index contributed by atoms with van der Waals surface area (Å²) in [5.74, 6) is 1.32. The molecule has 3 rings (SSSR count). The molecule has 2 aromatic rings. The van der Waals surface area contributed by atoms with Gasteiger partial charge in [-0.15, -0.1) is 12.4 Å². The Labute approximate surface area is 160 Å². The zero-order valence-corrected chi connectivity index (χ0v) is 16.8. The average molecular weight is 379 g/mol. The van der Waals surface area contributed by atoms with E-state index in [0.29, 0.717) is 31.1 Å². The number of benzene rings is 1. The Hall–Kier alpha value is -1.92. The van der Waals surface area contributed by atoms with Crippen LogP contribution in [0.5, 0.6) is 0 Å². The molecule has 1 aliphatic rings. The summed E-state index contributed by atoms with van der Waals surface area (Å²) in [7, 11) is 1.91. The zero-order valence-electron chi connectivity index (χ0n) is 16.0. The summed E-state index contributed by atoms with van der Waals surface area (Å²) < 4.78 is 5.44. The second-order valence-electron chi connectivity index (χ2n) is 7.10. The number of nitrogens with one attached hydrogen (secondary N) is 1. The number of hydrogen-bond acceptors (Lipinski definition) is 5. The Morgan fingerprint density at radius 1 is 1.31 bits per heavy atom. The Bertz CT molecular complexity index is 767. The van der Waals surface area contributed by atoms with E-state index in [2.05, 4.69) is 55.3 Å². The number of hydrogen-bond donors (Lipinski definition) is 1. The lowest BCUT2D eigenvalue weighted by Gasteiger charge is -2.21. The summed E-state index contributed by atoms with van der Waals surface area (Å²) in [5.41, 5.74) is 4.48. The van der Waals surface area contributed by atoms with Gasteiger partial charge in [0, 0.05) is 31.1 Å². The molecule has 0 spiro atoms. The Kier molecular flexibility index (Phi) is 6.42. The number of rotatable bonds is 5. The highest BCUT2D eigenvalue weighted by molar-refractivity contribution is 5.97. The van der Waals surface area contributed by atoms with Crippen LogP contribution >= 0.6 is 12.4 Å². The van der Waals surface area contributed by atoms with E-state index in [9.17, 15) is 4.79 Å². The van der Waals surface area contributed by atoms with E-state index in [1.807, 2.05) is 11.9 Å². The zero-order chi connectivity index (χ0) is 18.1. The summed E-state index contributed by atoms with van der Waals surface area (Å²) in [6.07, 6.45) is 1.12. The second-order valence-corrected chi connectivity index (χ2v) is 7.10. The normalized spacial score (nSPS) is 18.1. The molecule has 1 saturated heterocycles. The molecule has 0 bridgehead atoms. The van der Waals surface area contributed by atoms with Crippen molar-refractivity contribution in [3.05, 3.63) is 40.5 Å². The minimum atomic E-state index is -0.0428. The molecule has 2 heterocycles. The van der Waals surface area contributed by atoms with E-state index in [-0.39, 0.29) is 30.3 Å². The summed E-state index contributed by atoms with van der Waals surface area (Å²) in [5, 5.41) is 7.22. The number of amides is 1. The van der Waals surface area contributed by atoms with Gasteiger partial charge >= 0.3 is 0 Å². The van der Waals surface area contributed by atoms with Crippen LogP contribution in [0, 0.1) is 20.8 Å². The summed E-state index contributed by atoms with van der Waals surface area (Å²) in [6.45, 7) is 8.84. The molecule has 26 heavy (non-hydrogen) atoms. The highest BCUT2D eigenvalue weighted by Gasteiger charge is 2.36. The van der Waals surface area contributed by atoms with Crippen LogP contribution in [0.2, 0.25) is 0 Å². The van der Waals surface area contributed by atoms with Crippen molar-refractivity contribution in [3.8, 4) is 0 Å². The minimum absolute atomic E-state index is 0. The molecule has 1 amide bonds. The van der Waals surface area contributed by atoms with Gasteiger partial charge in [-0.1, -0.05) is 22.9 Å². The van der Waals surface area contributed by atoms with E-state index >= 15 is 0 Å². The topological polar surface area (TPSA) is 71.3 Å². The number of carbonyl (C=O) groups is 1. The predicted molar refractivity (Wildman–Crippen MR) is 104 cm³/mol. The first-order chi connectivity index (χ1) is 11.9. The summed E-state index contributed by atoms with van der Waals surface area (Å²) in [4.78, 5) is 19.0. The van der Waals surface area contributed by atoms with Crippen molar-refractivity contribution in [2.75, 3.05) is 18.5 Å². The smallest absolute Gasteiger partial charge is 0.232 e. The largest absolute Gasteiger partial charge is 0.339 e. The lowest BCUT2D eigenvalue weighted by molar-refractivity contribution is -0.117. The van der Waals surface area contributed by atoms with Crippen LogP contribution in [0.3, 0.4) is 0 Å². The lowest BCUT2D eigenvalue weighted by atomic mass is 10.0. The number of nitrogens with zero attached hydrogens (tertiary/aromatic N) is 3. The van der Waals surface area contributed by atoms with Gasteiger partial charge in [0.15, 0.2) is 5.82 Å². The SMILES string of the molecule is CNC(C)Cc1noc(C2CC(=O)N(c3c(C)cc(C)cc3C)C2)n1.Cl. The number of likely N-dealkylation sites (N-methyl/N-ethyl adjacent to an activating group) is 1. The van der Waals surface area contributed by atoms with Gasteiger partial charge in [-0.25, -0.2) is 0 Å². The molecule has 142 valence electrons. The lowest BCUT2D eigenvalue weighted by Crippen LogP contribution is -2.26. The summed E-state index contributed by atoms with van der Waals surface area (Å²) in [6, 6.07) is 4.52. The second kappa shape index (κ2) is 8.18. The van der Waals surface area contributed by atoms with Gasteiger partial charge < -0.3 is 14.7 Å². The molecule has 7 heteroatoms. The first kappa shape index (κ1) is 20.4. The van der Waals surface area contributed by atoms with E-state index in [1.165, 1.54) is 5.56 Å². The van der Waals surface area contributed by atoms with Crippen LogP contribution in [0.1, 0.15) is 47.7 Å². The Balaban J connectivity index is 0.00000243. The third-order valence-corrected chi connectivity index (χ3v) is 4.84. The van der Waals surface area contributed by atoms with Crippen molar-refractivity contribution < 1.29 is 9.32 Å². The minimum Gasteiger partial charge on any atom is -0.339 e. The standard InChI is InChI=1S/C19H26N4O2.ClH/c1-11-6-12(2)18(13(3)7-11)23-10-15(9-17(23)24)19-21-16(22-25-19)8-14(4)20-5;/h6-7,14-15,20H,8-10H2,1-5H3;1H. The molecule has 0 radical (unpaired) electrons. The average Bonchev–Trinajstić information content (AvgIpc) is 3.13. The number of anilines is 1. The van der Waals surface area contributed by atoms with E-state index in [1.54, 1.807) is 0 Å². The van der Waals surface area contributed by atoms with Gasteiger partial charge in [0.05, 0.1) is 5.92 Å². The number of aromatic nitrogens is 2. The maximum absolute atomic E-state index is 12.6. The molecule has 1 aromatic heterocycles. The quantitative estimate of drug-likeness (QED) is 0.865. The van der Waals surface area contributed by atoms with Crippen LogP contribution < -0.4 is 10.2 Å². The molecule has 0 saturated carbocycles. The fourth-order valence-electron chi connectivity index (χ4n) is 3.58. The maximum Gasteiger partial charge on any atom is 0.232 e. The van der Waals surface area contributed by atoms with Crippen LogP contribution in [-0.4, -0.2) is 35.7 Å². The van der Waals surface area contributed by atoms with Gasteiger partial charge in [0.2, 0.25) is 11.8 Å². The first-order valence-electron chi connectivity index (χ1n) is 8.77. The van der Waals surface area contributed by atoms with Gasteiger partial charge in [-0.05, 0) is 45.9 Å². The molecule has 1 N–H and O–H groups in total. The van der Waals surface area contributed by atoms with Crippen LogP contribution in [0.15, 0.2) is 16.7 Å².